The zero-order chi connectivity index (χ0) is 15.1. The van der Waals surface area contributed by atoms with Crippen molar-refractivity contribution in [3.8, 4) is 17.2 Å². The Morgan fingerprint density at radius 2 is 1.67 bits per heavy atom. The Labute approximate surface area is 127 Å². The predicted molar refractivity (Wildman–Crippen MR) is 83.4 cm³/mol. The van der Waals surface area contributed by atoms with E-state index in [-0.39, 0.29) is 0 Å². The second kappa shape index (κ2) is 8.10. The van der Waals surface area contributed by atoms with Gasteiger partial charge in [-0.05, 0) is 50.0 Å². The van der Waals surface area contributed by atoms with E-state index in [1.807, 2.05) is 12.1 Å². The minimum Gasteiger partial charge on any atom is -0.493 e. The summed E-state index contributed by atoms with van der Waals surface area (Å²) >= 11 is 0. The maximum absolute atomic E-state index is 5.35. The van der Waals surface area contributed by atoms with Gasteiger partial charge in [0.1, 0.15) is 0 Å². The Kier molecular flexibility index (Phi) is 6.14. The van der Waals surface area contributed by atoms with Crippen LogP contribution in [0.4, 0.5) is 0 Å². The SMILES string of the molecule is COc1cc(CNCCCNC2CC2)cc(OC)c1OC. The summed E-state index contributed by atoms with van der Waals surface area (Å²) < 4.78 is 16.0. The molecule has 1 aliphatic rings. The van der Waals surface area contributed by atoms with Crippen LogP contribution >= 0.6 is 0 Å². The molecule has 2 N–H and O–H groups in total. The lowest BCUT2D eigenvalue weighted by Crippen LogP contribution is -2.23. The van der Waals surface area contributed by atoms with Crippen LogP contribution in [0.25, 0.3) is 0 Å². The van der Waals surface area contributed by atoms with E-state index in [4.69, 9.17) is 14.2 Å². The molecule has 21 heavy (non-hydrogen) atoms. The molecule has 1 aliphatic carbocycles. The molecule has 5 nitrogen and oxygen atoms in total. The fourth-order valence-electron chi connectivity index (χ4n) is 2.28. The molecular weight excluding hydrogens is 268 g/mol. The Morgan fingerprint density at radius 3 is 2.19 bits per heavy atom. The summed E-state index contributed by atoms with van der Waals surface area (Å²) in [5.41, 5.74) is 1.12. The van der Waals surface area contributed by atoms with Crippen molar-refractivity contribution in [1.82, 2.24) is 10.6 Å². The molecule has 0 atom stereocenters. The zero-order valence-corrected chi connectivity index (χ0v) is 13.2. The first kappa shape index (κ1) is 15.9. The second-order valence-corrected chi connectivity index (χ2v) is 5.29. The molecule has 1 saturated carbocycles. The number of nitrogens with one attached hydrogen (secondary N) is 2. The van der Waals surface area contributed by atoms with Gasteiger partial charge in [0, 0.05) is 12.6 Å². The average molecular weight is 294 g/mol. The van der Waals surface area contributed by atoms with Crippen molar-refractivity contribution in [2.45, 2.75) is 31.8 Å². The number of hydrogen-bond donors (Lipinski definition) is 2. The first-order chi connectivity index (χ1) is 10.3. The van der Waals surface area contributed by atoms with Crippen LogP contribution in [0.5, 0.6) is 17.2 Å². The first-order valence-electron chi connectivity index (χ1n) is 7.51. The van der Waals surface area contributed by atoms with Gasteiger partial charge in [0.25, 0.3) is 0 Å². The molecule has 0 aliphatic heterocycles. The predicted octanol–water partition coefficient (Wildman–Crippen LogP) is 1.94. The summed E-state index contributed by atoms with van der Waals surface area (Å²) in [4.78, 5) is 0. The summed E-state index contributed by atoms with van der Waals surface area (Å²) in [6, 6.07) is 4.76. The van der Waals surface area contributed by atoms with E-state index in [0.29, 0.717) is 17.2 Å². The van der Waals surface area contributed by atoms with Crippen molar-refractivity contribution < 1.29 is 14.2 Å². The Bertz CT molecular complexity index is 422. The van der Waals surface area contributed by atoms with Gasteiger partial charge in [-0.2, -0.15) is 0 Å². The molecule has 1 aromatic rings. The highest BCUT2D eigenvalue weighted by Crippen LogP contribution is 2.38. The fourth-order valence-corrected chi connectivity index (χ4v) is 2.28. The lowest BCUT2D eigenvalue weighted by Gasteiger charge is -2.14. The highest BCUT2D eigenvalue weighted by atomic mass is 16.5. The van der Waals surface area contributed by atoms with Crippen molar-refractivity contribution in [1.29, 1.82) is 0 Å². The maximum Gasteiger partial charge on any atom is 0.203 e. The monoisotopic (exact) mass is 294 g/mol. The van der Waals surface area contributed by atoms with Gasteiger partial charge in [0.2, 0.25) is 5.75 Å². The van der Waals surface area contributed by atoms with Gasteiger partial charge < -0.3 is 24.8 Å². The summed E-state index contributed by atoms with van der Waals surface area (Å²) in [7, 11) is 4.89. The van der Waals surface area contributed by atoms with E-state index in [0.717, 1.165) is 37.7 Å². The highest BCUT2D eigenvalue weighted by molar-refractivity contribution is 5.53. The standard InChI is InChI=1S/C16H26N2O3/c1-19-14-9-12(10-15(20-2)16(14)21-3)11-17-7-4-8-18-13-5-6-13/h9-10,13,17-18H,4-8,11H2,1-3H3. The van der Waals surface area contributed by atoms with E-state index < -0.39 is 0 Å². The van der Waals surface area contributed by atoms with E-state index >= 15 is 0 Å². The van der Waals surface area contributed by atoms with Crippen LogP contribution in [0.2, 0.25) is 0 Å². The van der Waals surface area contributed by atoms with Gasteiger partial charge in [0.15, 0.2) is 11.5 Å². The lowest BCUT2D eigenvalue weighted by atomic mass is 10.1. The van der Waals surface area contributed by atoms with Crippen molar-refractivity contribution >= 4 is 0 Å². The average Bonchev–Trinajstić information content (AvgIpc) is 3.33. The van der Waals surface area contributed by atoms with Gasteiger partial charge in [-0.15, -0.1) is 0 Å². The smallest absolute Gasteiger partial charge is 0.203 e. The number of hydrogen-bond acceptors (Lipinski definition) is 5. The third-order valence-corrected chi connectivity index (χ3v) is 3.59. The molecule has 0 aromatic heterocycles. The second-order valence-electron chi connectivity index (χ2n) is 5.29. The molecule has 1 aromatic carbocycles. The highest BCUT2D eigenvalue weighted by Gasteiger charge is 2.19. The number of methoxy groups -OCH3 is 3. The molecule has 5 heteroatoms. The summed E-state index contributed by atoms with van der Waals surface area (Å²) in [6.07, 6.45) is 3.83. The topological polar surface area (TPSA) is 51.8 Å². The largest absolute Gasteiger partial charge is 0.493 e. The molecule has 1 fully saturated rings. The van der Waals surface area contributed by atoms with Gasteiger partial charge >= 0.3 is 0 Å². The molecule has 0 bridgehead atoms. The number of rotatable bonds is 10. The summed E-state index contributed by atoms with van der Waals surface area (Å²) in [5, 5.41) is 6.95. The lowest BCUT2D eigenvalue weighted by molar-refractivity contribution is 0.323. The van der Waals surface area contributed by atoms with Crippen molar-refractivity contribution in [3.63, 3.8) is 0 Å². The third kappa shape index (κ3) is 4.79. The van der Waals surface area contributed by atoms with E-state index in [1.54, 1.807) is 21.3 Å². The minimum absolute atomic E-state index is 0.636. The maximum atomic E-state index is 5.35. The molecule has 0 amide bonds. The number of ether oxygens (including phenoxy) is 3. The first-order valence-corrected chi connectivity index (χ1v) is 7.51. The van der Waals surface area contributed by atoms with Crippen molar-refractivity contribution in [2.75, 3.05) is 34.4 Å². The Balaban J connectivity index is 1.81. The molecule has 0 spiro atoms. The van der Waals surface area contributed by atoms with Gasteiger partial charge in [-0.25, -0.2) is 0 Å². The summed E-state index contributed by atoms with van der Waals surface area (Å²) in [5.74, 6) is 2.03. The van der Waals surface area contributed by atoms with Crippen molar-refractivity contribution in [3.05, 3.63) is 17.7 Å². The molecule has 2 rings (SSSR count). The van der Waals surface area contributed by atoms with Crippen LogP contribution in [-0.4, -0.2) is 40.5 Å². The van der Waals surface area contributed by atoms with Gasteiger partial charge in [0.05, 0.1) is 21.3 Å². The van der Waals surface area contributed by atoms with Gasteiger partial charge in [-0.1, -0.05) is 0 Å². The number of benzene rings is 1. The molecule has 118 valence electrons. The van der Waals surface area contributed by atoms with Crippen LogP contribution in [0.3, 0.4) is 0 Å². The molecular formula is C16H26N2O3. The minimum atomic E-state index is 0.636. The van der Waals surface area contributed by atoms with E-state index in [1.165, 1.54) is 12.8 Å². The fraction of sp³-hybridized carbons (Fsp3) is 0.625. The summed E-state index contributed by atoms with van der Waals surface area (Å²) in [6.45, 7) is 2.88. The normalized spacial score (nSPS) is 14.0. The molecule has 0 radical (unpaired) electrons. The molecule has 0 saturated heterocycles. The Morgan fingerprint density at radius 1 is 1.00 bits per heavy atom. The van der Waals surface area contributed by atoms with Crippen molar-refractivity contribution in [2.24, 2.45) is 0 Å². The zero-order valence-electron chi connectivity index (χ0n) is 13.2. The van der Waals surface area contributed by atoms with Gasteiger partial charge in [-0.3, -0.25) is 0 Å². The molecule has 0 unspecified atom stereocenters. The van der Waals surface area contributed by atoms with Crippen LogP contribution in [0, 0.1) is 0 Å². The van der Waals surface area contributed by atoms with Crippen LogP contribution < -0.4 is 24.8 Å². The Hall–Kier alpha value is -1.46. The van der Waals surface area contributed by atoms with Crippen LogP contribution in [-0.2, 0) is 6.54 Å². The third-order valence-electron chi connectivity index (χ3n) is 3.59. The van der Waals surface area contributed by atoms with Crippen LogP contribution in [0.1, 0.15) is 24.8 Å². The quantitative estimate of drug-likeness (QED) is 0.646. The van der Waals surface area contributed by atoms with Crippen LogP contribution in [0.15, 0.2) is 12.1 Å². The molecule has 0 heterocycles. The van der Waals surface area contributed by atoms with E-state index in [2.05, 4.69) is 10.6 Å². The van der Waals surface area contributed by atoms with E-state index in [9.17, 15) is 0 Å².